The molecule has 1 rings (SSSR count). The van der Waals surface area contributed by atoms with Crippen LogP contribution in [0, 0.1) is 0 Å². The lowest BCUT2D eigenvalue weighted by molar-refractivity contribution is -0.125. The first-order valence-corrected chi connectivity index (χ1v) is 6.40. The zero-order valence-electron chi connectivity index (χ0n) is 10.5. The number of thiophene rings is 1. The van der Waals surface area contributed by atoms with Gasteiger partial charge in [-0.1, -0.05) is 6.07 Å². The smallest absolute Gasteiger partial charge is 0.230 e. The molecule has 5 heteroatoms. The van der Waals surface area contributed by atoms with Crippen molar-refractivity contribution in [1.82, 2.24) is 5.32 Å². The molecule has 0 saturated heterocycles. The molecule has 3 N–H and O–H groups in total. The van der Waals surface area contributed by atoms with E-state index in [1.807, 2.05) is 38.3 Å². The Kier molecular flexibility index (Phi) is 6.75. The molecule has 1 aromatic heterocycles. The molecule has 1 unspecified atom stereocenters. The second-order valence-corrected chi connectivity index (χ2v) is 5.57. The van der Waals surface area contributed by atoms with Gasteiger partial charge in [-0.05, 0) is 38.6 Å². The zero-order chi connectivity index (χ0) is 12.2. The van der Waals surface area contributed by atoms with E-state index >= 15 is 0 Å². The summed E-state index contributed by atoms with van der Waals surface area (Å²) in [5.74, 6) is 0.0654. The highest BCUT2D eigenvalue weighted by atomic mass is 35.5. The zero-order valence-corrected chi connectivity index (χ0v) is 12.2. The van der Waals surface area contributed by atoms with Gasteiger partial charge in [-0.3, -0.25) is 4.79 Å². The molecule has 0 bridgehead atoms. The van der Waals surface area contributed by atoms with Crippen molar-refractivity contribution in [2.45, 2.75) is 38.6 Å². The van der Waals surface area contributed by atoms with E-state index in [1.165, 1.54) is 0 Å². The highest BCUT2D eigenvalue weighted by Crippen LogP contribution is 2.27. The molecule has 1 atom stereocenters. The molecule has 1 aromatic rings. The summed E-state index contributed by atoms with van der Waals surface area (Å²) in [4.78, 5) is 13.1. The molecule has 1 amide bonds. The fourth-order valence-corrected chi connectivity index (χ4v) is 2.23. The van der Waals surface area contributed by atoms with Crippen molar-refractivity contribution < 1.29 is 4.79 Å². The number of nitrogens with one attached hydrogen (secondary N) is 1. The van der Waals surface area contributed by atoms with Crippen LogP contribution in [0.1, 0.15) is 32.1 Å². The molecule has 0 fully saturated rings. The van der Waals surface area contributed by atoms with E-state index in [0.717, 1.165) is 11.3 Å². The van der Waals surface area contributed by atoms with E-state index in [2.05, 4.69) is 5.32 Å². The van der Waals surface area contributed by atoms with Gasteiger partial charge in [-0.15, -0.1) is 23.7 Å². The van der Waals surface area contributed by atoms with Gasteiger partial charge in [0.05, 0.1) is 5.41 Å². The molecule has 3 nitrogen and oxygen atoms in total. The number of halogens is 1. The van der Waals surface area contributed by atoms with Crippen LogP contribution in [0.15, 0.2) is 17.5 Å². The third kappa shape index (κ3) is 4.66. The Bertz CT molecular complexity index is 336. The first kappa shape index (κ1) is 16.4. The maximum Gasteiger partial charge on any atom is 0.230 e. The third-order valence-electron chi connectivity index (χ3n) is 2.59. The lowest BCUT2D eigenvalue weighted by Crippen LogP contribution is -2.41. The Labute approximate surface area is 113 Å². The van der Waals surface area contributed by atoms with Gasteiger partial charge in [0, 0.05) is 17.5 Å². The molecule has 0 aliphatic rings. The normalized spacial score (nSPS) is 12.7. The van der Waals surface area contributed by atoms with Gasteiger partial charge < -0.3 is 11.1 Å². The van der Waals surface area contributed by atoms with Crippen molar-refractivity contribution in [1.29, 1.82) is 0 Å². The van der Waals surface area contributed by atoms with Crippen LogP contribution in [0.4, 0.5) is 0 Å². The number of amides is 1. The van der Waals surface area contributed by atoms with Crippen LogP contribution in [0.25, 0.3) is 0 Å². The van der Waals surface area contributed by atoms with Crippen LogP contribution in [0.2, 0.25) is 0 Å². The van der Waals surface area contributed by atoms with Crippen LogP contribution in [0.5, 0.6) is 0 Å². The topological polar surface area (TPSA) is 55.1 Å². The Morgan fingerprint density at radius 2 is 2.24 bits per heavy atom. The quantitative estimate of drug-likeness (QED) is 0.867. The Hall–Kier alpha value is -0.580. The third-order valence-corrected chi connectivity index (χ3v) is 3.78. The number of carbonyl (C=O) groups is 1. The molecule has 0 aromatic carbocycles. The largest absolute Gasteiger partial charge is 0.355 e. The van der Waals surface area contributed by atoms with Crippen LogP contribution < -0.4 is 11.1 Å². The highest BCUT2D eigenvalue weighted by Gasteiger charge is 2.30. The molecule has 0 aliphatic heterocycles. The maximum absolute atomic E-state index is 12.0. The average Bonchev–Trinajstić information content (AvgIpc) is 2.69. The Morgan fingerprint density at radius 3 is 2.71 bits per heavy atom. The van der Waals surface area contributed by atoms with E-state index in [9.17, 15) is 4.79 Å². The average molecular weight is 277 g/mol. The summed E-state index contributed by atoms with van der Waals surface area (Å²) in [5.41, 5.74) is 5.18. The van der Waals surface area contributed by atoms with Crippen molar-refractivity contribution in [2.24, 2.45) is 5.73 Å². The number of hydrogen-bond donors (Lipinski definition) is 2. The van der Waals surface area contributed by atoms with E-state index in [0.29, 0.717) is 6.54 Å². The van der Waals surface area contributed by atoms with Gasteiger partial charge >= 0.3 is 0 Å². The molecule has 98 valence electrons. The molecular formula is C12H21ClN2OS. The first-order valence-electron chi connectivity index (χ1n) is 5.52. The predicted octanol–water partition coefficient (Wildman–Crippen LogP) is 2.30. The maximum atomic E-state index is 12.0. The van der Waals surface area contributed by atoms with Crippen molar-refractivity contribution in [3.8, 4) is 0 Å². The van der Waals surface area contributed by atoms with Gasteiger partial charge in [0.25, 0.3) is 0 Å². The standard InChI is InChI=1S/C12H20N2OS.ClH/c1-9(13)6-7-14-11(15)12(2,3)10-5-4-8-16-10;/h4-5,8-9H,6-7,13H2,1-3H3,(H,14,15);1H. The molecule has 0 spiro atoms. The first-order chi connectivity index (χ1) is 7.44. The van der Waals surface area contributed by atoms with Crippen molar-refractivity contribution in [3.63, 3.8) is 0 Å². The highest BCUT2D eigenvalue weighted by molar-refractivity contribution is 7.10. The van der Waals surface area contributed by atoms with E-state index < -0.39 is 5.41 Å². The summed E-state index contributed by atoms with van der Waals surface area (Å²) in [6.45, 7) is 6.47. The van der Waals surface area contributed by atoms with Crippen LogP contribution in [0.3, 0.4) is 0 Å². The van der Waals surface area contributed by atoms with Gasteiger partial charge in [-0.25, -0.2) is 0 Å². The number of carbonyl (C=O) groups excluding carboxylic acids is 1. The second kappa shape index (κ2) is 6.99. The van der Waals surface area contributed by atoms with Crippen molar-refractivity contribution >= 4 is 29.7 Å². The number of nitrogens with two attached hydrogens (primary N) is 1. The molecule has 0 aliphatic carbocycles. The molecule has 17 heavy (non-hydrogen) atoms. The summed E-state index contributed by atoms with van der Waals surface area (Å²) in [7, 11) is 0. The minimum Gasteiger partial charge on any atom is -0.355 e. The van der Waals surface area contributed by atoms with E-state index in [4.69, 9.17) is 5.73 Å². The monoisotopic (exact) mass is 276 g/mol. The SMILES string of the molecule is CC(N)CCNC(=O)C(C)(C)c1cccs1.Cl. The van der Waals surface area contributed by atoms with Crippen molar-refractivity contribution in [3.05, 3.63) is 22.4 Å². The van der Waals surface area contributed by atoms with Gasteiger partial charge in [-0.2, -0.15) is 0 Å². The summed E-state index contributed by atoms with van der Waals surface area (Å²) in [6.07, 6.45) is 0.812. The lowest BCUT2D eigenvalue weighted by Gasteiger charge is -2.22. The van der Waals surface area contributed by atoms with Gasteiger partial charge in [0.15, 0.2) is 0 Å². The van der Waals surface area contributed by atoms with Gasteiger partial charge in [0.1, 0.15) is 0 Å². The van der Waals surface area contributed by atoms with E-state index in [1.54, 1.807) is 11.3 Å². The minimum atomic E-state index is -0.452. The second-order valence-electron chi connectivity index (χ2n) is 4.62. The van der Waals surface area contributed by atoms with Crippen LogP contribution in [-0.2, 0) is 10.2 Å². The fourth-order valence-electron chi connectivity index (χ4n) is 1.38. The van der Waals surface area contributed by atoms with E-state index in [-0.39, 0.29) is 24.4 Å². The number of hydrogen-bond acceptors (Lipinski definition) is 3. The lowest BCUT2D eigenvalue weighted by atomic mass is 9.90. The van der Waals surface area contributed by atoms with Crippen LogP contribution in [-0.4, -0.2) is 18.5 Å². The molecule has 0 saturated carbocycles. The molecular weight excluding hydrogens is 256 g/mol. The van der Waals surface area contributed by atoms with Gasteiger partial charge in [0.2, 0.25) is 5.91 Å². The predicted molar refractivity (Wildman–Crippen MR) is 75.9 cm³/mol. The minimum absolute atomic E-state index is 0. The Morgan fingerprint density at radius 1 is 1.59 bits per heavy atom. The summed E-state index contributed by atoms with van der Waals surface area (Å²) in [6, 6.07) is 4.09. The Balaban J connectivity index is 0.00000256. The van der Waals surface area contributed by atoms with Crippen LogP contribution >= 0.6 is 23.7 Å². The summed E-state index contributed by atoms with van der Waals surface area (Å²) < 4.78 is 0. The summed E-state index contributed by atoms with van der Waals surface area (Å²) >= 11 is 1.61. The number of rotatable bonds is 5. The summed E-state index contributed by atoms with van der Waals surface area (Å²) in [5, 5.41) is 4.92. The molecule has 0 radical (unpaired) electrons. The fraction of sp³-hybridized carbons (Fsp3) is 0.583. The van der Waals surface area contributed by atoms with Crippen molar-refractivity contribution in [2.75, 3.05) is 6.54 Å². The molecule has 1 heterocycles.